The predicted octanol–water partition coefficient (Wildman–Crippen LogP) is 1.75. The van der Waals surface area contributed by atoms with Crippen molar-refractivity contribution in [3.8, 4) is 11.1 Å². The van der Waals surface area contributed by atoms with Crippen molar-refractivity contribution >= 4 is 11.8 Å². The van der Waals surface area contributed by atoms with Crippen LogP contribution in [-0.4, -0.2) is 50.8 Å². The molecule has 3 heterocycles. The van der Waals surface area contributed by atoms with E-state index in [0.29, 0.717) is 0 Å². The quantitative estimate of drug-likeness (QED) is 0.901. The molecule has 2 amide bonds. The highest BCUT2D eigenvalue weighted by Gasteiger charge is 2.39. The van der Waals surface area contributed by atoms with Gasteiger partial charge in [-0.15, -0.1) is 0 Å². The lowest BCUT2D eigenvalue weighted by Crippen LogP contribution is -2.35. The second-order valence-corrected chi connectivity index (χ2v) is 5.23. The minimum atomic E-state index is -4.68. The fraction of sp³-hybridized carbons (Fsp3) is 0.286. The number of anilines is 1. The van der Waals surface area contributed by atoms with Crippen molar-refractivity contribution in [3.63, 3.8) is 0 Å². The van der Waals surface area contributed by atoms with Crippen molar-refractivity contribution in [2.45, 2.75) is 12.4 Å². The molecule has 1 fully saturated rings. The van der Waals surface area contributed by atoms with Gasteiger partial charge in [0.25, 0.3) is 0 Å². The Morgan fingerprint density at radius 3 is 2.46 bits per heavy atom. The molecule has 2 aromatic rings. The Balaban J connectivity index is 2.11. The van der Waals surface area contributed by atoms with Crippen LogP contribution in [0.15, 0.2) is 31.0 Å². The maximum atomic E-state index is 13.4. The number of aliphatic hydroxyl groups excluding tert-OH is 1. The number of urea groups is 1. The zero-order valence-electron chi connectivity index (χ0n) is 12.4. The summed E-state index contributed by atoms with van der Waals surface area (Å²) in [6.45, 7) is -0.0177. The molecule has 1 N–H and O–H groups in total. The lowest BCUT2D eigenvalue weighted by Gasteiger charge is -2.20. The van der Waals surface area contributed by atoms with Crippen LogP contribution < -0.4 is 4.90 Å². The smallest absolute Gasteiger partial charge is 0.371 e. The van der Waals surface area contributed by atoms with Crippen LogP contribution in [0, 0.1) is 0 Å². The maximum Gasteiger partial charge on any atom is 0.417 e. The highest BCUT2D eigenvalue weighted by molar-refractivity contribution is 5.93. The molecule has 1 aliphatic rings. The zero-order valence-corrected chi connectivity index (χ0v) is 12.4. The van der Waals surface area contributed by atoms with Crippen LogP contribution in [0.3, 0.4) is 0 Å². The number of aliphatic hydroxyl groups is 1. The molecule has 3 rings (SSSR count). The molecule has 1 atom stereocenters. The van der Waals surface area contributed by atoms with Gasteiger partial charge in [-0.1, -0.05) is 0 Å². The molecule has 0 saturated carbocycles. The van der Waals surface area contributed by atoms with E-state index < -0.39 is 24.0 Å². The van der Waals surface area contributed by atoms with Gasteiger partial charge in [0.2, 0.25) is 0 Å². The van der Waals surface area contributed by atoms with Gasteiger partial charge in [0.1, 0.15) is 12.1 Å². The molecule has 0 aliphatic carbocycles. The van der Waals surface area contributed by atoms with E-state index in [-0.39, 0.29) is 23.5 Å². The minimum Gasteiger partial charge on any atom is -0.371 e. The number of β-amino-alcohol motifs (C(OH)–C–C–N with tert-alkyl or cyclic N) is 1. The first kappa shape index (κ1) is 16.1. The average Bonchev–Trinajstić information content (AvgIpc) is 2.79. The topological polar surface area (TPSA) is 82.4 Å². The van der Waals surface area contributed by atoms with Gasteiger partial charge < -0.3 is 10.0 Å². The Morgan fingerprint density at radius 1 is 1.25 bits per heavy atom. The van der Waals surface area contributed by atoms with Gasteiger partial charge in [0.05, 0.1) is 12.1 Å². The van der Waals surface area contributed by atoms with Gasteiger partial charge >= 0.3 is 12.2 Å². The first-order valence-electron chi connectivity index (χ1n) is 6.84. The van der Waals surface area contributed by atoms with E-state index in [9.17, 15) is 23.1 Å². The van der Waals surface area contributed by atoms with Crippen LogP contribution in [0.25, 0.3) is 11.1 Å². The molecular formula is C14H12F3N5O2. The summed E-state index contributed by atoms with van der Waals surface area (Å²) in [6.07, 6.45) is -1.27. The van der Waals surface area contributed by atoms with E-state index >= 15 is 0 Å². The lowest BCUT2D eigenvalue weighted by atomic mass is 10.0. The third kappa shape index (κ3) is 2.75. The van der Waals surface area contributed by atoms with Gasteiger partial charge in [0.15, 0.2) is 6.23 Å². The van der Waals surface area contributed by atoms with Crippen LogP contribution in [0.4, 0.5) is 23.8 Å². The summed E-state index contributed by atoms with van der Waals surface area (Å²) < 4.78 is 40.3. The molecule has 1 saturated heterocycles. The Hall–Kier alpha value is -2.75. The largest absolute Gasteiger partial charge is 0.417 e. The number of hydrogen-bond acceptors (Lipinski definition) is 5. The molecule has 24 heavy (non-hydrogen) atoms. The van der Waals surface area contributed by atoms with E-state index in [0.717, 1.165) is 17.2 Å². The second kappa shape index (κ2) is 5.71. The number of likely N-dealkylation sites (N-methyl/N-ethyl adjacent to an activating group) is 1. The fourth-order valence-corrected chi connectivity index (χ4v) is 2.45. The molecule has 126 valence electrons. The molecule has 0 bridgehead atoms. The van der Waals surface area contributed by atoms with Gasteiger partial charge in [-0.2, -0.15) is 13.2 Å². The summed E-state index contributed by atoms with van der Waals surface area (Å²) in [6, 6.07) is 0.113. The number of carbonyl (C=O) groups excluding carboxylic acids is 1. The number of alkyl halides is 3. The number of amides is 2. The van der Waals surface area contributed by atoms with Crippen molar-refractivity contribution in [1.29, 1.82) is 0 Å². The number of rotatable bonds is 2. The minimum absolute atomic E-state index is 0.0177. The summed E-state index contributed by atoms with van der Waals surface area (Å²) in [5, 5.41) is 9.89. The average molecular weight is 339 g/mol. The van der Waals surface area contributed by atoms with Crippen molar-refractivity contribution in [3.05, 3.63) is 36.5 Å². The zero-order chi connectivity index (χ0) is 17.5. The van der Waals surface area contributed by atoms with Gasteiger partial charge in [-0.25, -0.2) is 24.6 Å². The number of carbonyl (C=O) groups is 1. The van der Waals surface area contributed by atoms with Crippen molar-refractivity contribution in [1.82, 2.24) is 19.9 Å². The monoisotopic (exact) mass is 339 g/mol. The molecule has 1 unspecified atom stereocenters. The Kier molecular flexibility index (Phi) is 3.84. The third-order valence-corrected chi connectivity index (χ3v) is 3.58. The Labute approximate surface area is 134 Å². The van der Waals surface area contributed by atoms with E-state index in [1.807, 2.05) is 0 Å². The van der Waals surface area contributed by atoms with Crippen molar-refractivity contribution < 1.29 is 23.1 Å². The highest BCUT2D eigenvalue weighted by Crippen LogP contribution is 2.38. The number of halogens is 3. The summed E-state index contributed by atoms with van der Waals surface area (Å²) in [4.78, 5) is 25.3. The molecule has 1 aliphatic heterocycles. The van der Waals surface area contributed by atoms with E-state index in [2.05, 4.69) is 15.0 Å². The summed E-state index contributed by atoms with van der Waals surface area (Å²) in [5.74, 6) is -0.273. The van der Waals surface area contributed by atoms with Crippen LogP contribution in [0.5, 0.6) is 0 Å². The molecular weight excluding hydrogens is 327 g/mol. The fourth-order valence-electron chi connectivity index (χ4n) is 2.45. The number of pyridine rings is 1. The molecule has 7 nitrogen and oxygen atoms in total. The molecule has 0 aromatic carbocycles. The highest BCUT2D eigenvalue weighted by atomic mass is 19.4. The van der Waals surface area contributed by atoms with Gasteiger partial charge in [-0.05, 0) is 6.07 Å². The molecule has 2 aromatic heterocycles. The molecule has 10 heteroatoms. The standard InChI is InChI=1S/C14H12F3N5O2/c1-21-6-12(23)22(13(21)24)11-2-10(14(15,16)17)9(5-20-11)8-3-18-7-19-4-8/h2-5,7,12,23H,6H2,1H3. The summed E-state index contributed by atoms with van der Waals surface area (Å²) in [5.41, 5.74) is -1.05. The third-order valence-electron chi connectivity index (χ3n) is 3.58. The molecule has 0 radical (unpaired) electrons. The van der Waals surface area contributed by atoms with Crippen LogP contribution in [0.2, 0.25) is 0 Å². The Bertz CT molecular complexity index is 769. The number of nitrogens with zero attached hydrogens (tertiary/aromatic N) is 5. The SMILES string of the molecule is CN1CC(O)N(c2cc(C(F)(F)F)c(-c3cncnc3)cn2)C1=O. The van der Waals surface area contributed by atoms with Crippen LogP contribution in [0.1, 0.15) is 5.56 Å². The molecule has 0 spiro atoms. The van der Waals surface area contributed by atoms with E-state index in [1.165, 1.54) is 30.7 Å². The van der Waals surface area contributed by atoms with E-state index in [1.54, 1.807) is 0 Å². The first-order valence-corrected chi connectivity index (χ1v) is 6.84. The van der Waals surface area contributed by atoms with Gasteiger partial charge in [-0.3, -0.25) is 0 Å². The van der Waals surface area contributed by atoms with Crippen LogP contribution >= 0.6 is 0 Å². The first-order chi connectivity index (χ1) is 11.3. The van der Waals surface area contributed by atoms with Gasteiger partial charge in [0, 0.05) is 36.8 Å². The van der Waals surface area contributed by atoms with Crippen molar-refractivity contribution in [2.75, 3.05) is 18.5 Å². The van der Waals surface area contributed by atoms with E-state index in [4.69, 9.17) is 0 Å². The lowest BCUT2D eigenvalue weighted by molar-refractivity contribution is -0.137. The summed E-state index contributed by atoms with van der Waals surface area (Å²) >= 11 is 0. The number of hydrogen-bond donors (Lipinski definition) is 1. The predicted molar refractivity (Wildman–Crippen MR) is 76.8 cm³/mol. The van der Waals surface area contributed by atoms with Crippen LogP contribution in [-0.2, 0) is 6.18 Å². The maximum absolute atomic E-state index is 13.4. The number of aromatic nitrogens is 3. The van der Waals surface area contributed by atoms with Crippen molar-refractivity contribution in [2.24, 2.45) is 0 Å². The second-order valence-electron chi connectivity index (χ2n) is 5.23. The normalized spacial score (nSPS) is 18.4. The Morgan fingerprint density at radius 2 is 1.92 bits per heavy atom. The summed E-state index contributed by atoms with van der Waals surface area (Å²) in [7, 11) is 1.44.